The maximum atomic E-state index is 11.2. The first-order valence-corrected chi connectivity index (χ1v) is 6.74. The standard InChI is InChI=1S/C13H11BrO2S/c1-9(15)10-3-2-4-11(7-10)16-8-12-5-6-13(14)17-12/h2-7H,8H2,1H3. The van der Waals surface area contributed by atoms with Crippen LogP contribution in [0.1, 0.15) is 22.2 Å². The van der Waals surface area contributed by atoms with Gasteiger partial charge in [0.1, 0.15) is 12.4 Å². The fourth-order valence-electron chi connectivity index (χ4n) is 1.39. The molecule has 0 aliphatic rings. The molecule has 0 radical (unpaired) electrons. The van der Waals surface area contributed by atoms with Gasteiger partial charge in [0.25, 0.3) is 0 Å². The van der Waals surface area contributed by atoms with E-state index in [4.69, 9.17) is 4.74 Å². The topological polar surface area (TPSA) is 26.3 Å². The van der Waals surface area contributed by atoms with Crippen molar-refractivity contribution < 1.29 is 9.53 Å². The third-order valence-corrected chi connectivity index (χ3v) is 3.85. The van der Waals surface area contributed by atoms with Gasteiger partial charge in [0.2, 0.25) is 0 Å². The first-order chi connectivity index (χ1) is 8.15. The number of ether oxygens (including phenoxy) is 1. The molecule has 0 amide bonds. The van der Waals surface area contributed by atoms with Crippen LogP contribution in [0, 0.1) is 0 Å². The quantitative estimate of drug-likeness (QED) is 0.787. The Bertz CT molecular complexity index is 534. The fraction of sp³-hybridized carbons (Fsp3) is 0.154. The van der Waals surface area contributed by atoms with E-state index in [1.54, 1.807) is 30.4 Å². The number of Topliss-reactive ketones (excluding diaryl/α,β-unsaturated/α-hetero) is 1. The van der Waals surface area contributed by atoms with E-state index < -0.39 is 0 Å². The number of halogens is 1. The molecule has 1 aromatic heterocycles. The summed E-state index contributed by atoms with van der Waals surface area (Å²) >= 11 is 5.05. The van der Waals surface area contributed by atoms with Crippen molar-refractivity contribution in [3.05, 3.63) is 50.6 Å². The lowest BCUT2D eigenvalue weighted by atomic mass is 10.1. The van der Waals surface area contributed by atoms with Crippen molar-refractivity contribution in [1.29, 1.82) is 0 Å². The Labute approximate surface area is 112 Å². The predicted molar refractivity (Wildman–Crippen MR) is 72.8 cm³/mol. The Kier molecular flexibility index (Phi) is 3.97. The average molecular weight is 311 g/mol. The maximum Gasteiger partial charge on any atom is 0.159 e. The lowest BCUT2D eigenvalue weighted by Gasteiger charge is -2.05. The van der Waals surface area contributed by atoms with Gasteiger partial charge in [-0.3, -0.25) is 4.79 Å². The number of carbonyl (C=O) groups is 1. The molecule has 0 aliphatic heterocycles. The molecule has 0 unspecified atom stereocenters. The summed E-state index contributed by atoms with van der Waals surface area (Å²) in [6, 6.07) is 11.3. The Morgan fingerprint density at radius 2 is 2.18 bits per heavy atom. The number of benzene rings is 1. The minimum absolute atomic E-state index is 0.0503. The van der Waals surface area contributed by atoms with Gasteiger partial charge < -0.3 is 4.74 Å². The molecule has 17 heavy (non-hydrogen) atoms. The van der Waals surface area contributed by atoms with Crippen LogP contribution in [0.4, 0.5) is 0 Å². The van der Waals surface area contributed by atoms with E-state index in [0.29, 0.717) is 12.2 Å². The van der Waals surface area contributed by atoms with E-state index in [9.17, 15) is 4.79 Å². The SMILES string of the molecule is CC(=O)c1cccc(OCc2ccc(Br)s2)c1. The second kappa shape index (κ2) is 5.47. The van der Waals surface area contributed by atoms with Crippen molar-refractivity contribution >= 4 is 33.0 Å². The van der Waals surface area contributed by atoms with Gasteiger partial charge in [-0.2, -0.15) is 0 Å². The van der Waals surface area contributed by atoms with Gasteiger partial charge in [-0.1, -0.05) is 12.1 Å². The first-order valence-electron chi connectivity index (χ1n) is 5.13. The van der Waals surface area contributed by atoms with Gasteiger partial charge in [-0.05, 0) is 47.1 Å². The molecule has 2 nitrogen and oxygen atoms in total. The number of thiophene rings is 1. The minimum atomic E-state index is 0.0503. The molecule has 0 N–H and O–H groups in total. The van der Waals surface area contributed by atoms with E-state index in [-0.39, 0.29) is 5.78 Å². The molecule has 0 spiro atoms. The molecule has 0 saturated heterocycles. The third-order valence-electron chi connectivity index (χ3n) is 2.25. The van der Waals surface area contributed by atoms with E-state index in [2.05, 4.69) is 15.9 Å². The van der Waals surface area contributed by atoms with Crippen LogP contribution in [0.25, 0.3) is 0 Å². The van der Waals surface area contributed by atoms with Gasteiger partial charge in [0, 0.05) is 10.4 Å². The summed E-state index contributed by atoms with van der Waals surface area (Å²) in [5.74, 6) is 0.775. The Morgan fingerprint density at radius 3 is 2.82 bits per heavy atom. The molecular weight excluding hydrogens is 300 g/mol. The summed E-state index contributed by atoms with van der Waals surface area (Å²) in [7, 11) is 0. The summed E-state index contributed by atoms with van der Waals surface area (Å²) in [4.78, 5) is 12.4. The number of hydrogen-bond acceptors (Lipinski definition) is 3. The first kappa shape index (κ1) is 12.3. The third kappa shape index (κ3) is 3.41. The molecule has 2 aromatic rings. The summed E-state index contributed by atoms with van der Waals surface area (Å²) in [5.41, 5.74) is 0.676. The van der Waals surface area contributed by atoms with Crippen LogP contribution in [0.5, 0.6) is 5.75 Å². The average Bonchev–Trinajstić information content (AvgIpc) is 2.73. The second-order valence-electron chi connectivity index (χ2n) is 3.58. The van der Waals surface area contributed by atoms with Crippen molar-refractivity contribution in [1.82, 2.24) is 0 Å². The zero-order chi connectivity index (χ0) is 12.3. The van der Waals surface area contributed by atoms with Crippen LogP contribution in [-0.2, 0) is 6.61 Å². The maximum absolute atomic E-state index is 11.2. The van der Waals surface area contributed by atoms with Crippen LogP contribution in [0.3, 0.4) is 0 Å². The van der Waals surface area contributed by atoms with Crippen LogP contribution in [0.15, 0.2) is 40.2 Å². The molecule has 4 heteroatoms. The van der Waals surface area contributed by atoms with Crippen molar-refractivity contribution in [2.75, 3.05) is 0 Å². The van der Waals surface area contributed by atoms with Crippen LogP contribution >= 0.6 is 27.3 Å². The van der Waals surface area contributed by atoms with Crippen LogP contribution < -0.4 is 4.74 Å². The molecule has 88 valence electrons. The summed E-state index contributed by atoms with van der Waals surface area (Å²) < 4.78 is 6.72. The van der Waals surface area contributed by atoms with Crippen molar-refractivity contribution in [3.63, 3.8) is 0 Å². The number of carbonyl (C=O) groups excluding carboxylic acids is 1. The molecule has 0 fully saturated rings. The highest BCUT2D eigenvalue weighted by Gasteiger charge is 2.02. The van der Waals surface area contributed by atoms with E-state index in [0.717, 1.165) is 14.4 Å². The summed E-state index contributed by atoms with van der Waals surface area (Å²) in [5, 5.41) is 0. The summed E-state index contributed by atoms with van der Waals surface area (Å²) in [6.07, 6.45) is 0. The zero-order valence-corrected chi connectivity index (χ0v) is 11.7. The molecule has 1 heterocycles. The Balaban J connectivity index is 2.04. The second-order valence-corrected chi connectivity index (χ2v) is 6.13. The number of ketones is 1. The Morgan fingerprint density at radius 1 is 1.35 bits per heavy atom. The van der Waals surface area contributed by atoms with E-state index in [1.807, 2.05) is 24.3 Å². The van der Waals surface area contributed by atoms with Gasteiger partial charge in [-0.15, -0.1) is 11.3 Å². The van der Waals surface area contributed by atoms with Crippen LogP contribution in [0.2, 0.25) is 0 Å². The smallest absolute Gasteiger partial charge is 0.159 e. The zero-order valence-electron chi connectivity index (χ0n) is 9.27. The van der Waals surface area contributed by atoms with Crippen molar-refractivity contribution in [2.24, 2.45) is 0 Å². The van der Waals surface area contributed by atoms with Gasteiger partial charge in [-0.25, -0.2) is 0 Å². The largest absolute Gasteiger partial charge is 0.488 e. The molecule has 0 aliphatic carbocycles. The molecule has 2 rings (SSSR count). The van der Waals surface area contributed by atoms with Gasteiger partial charge >= 0.3 is 0 Å². The number of rotatable bonds is 4. The van der Waals surface area contributed by atoms with E-state index in [1.165, 1.54) is 0 Å². The van der Waals surface area contributed by atoms with Crippen molar-refractivity contribution in [3.8, 4) is 5.75 Å². The van der Waals surface area contributed by atoms with E-state index >= 15 is 0 Å². The highest BCUT2D eigenvalue weighted by atomic mass is 79.9. The minimum Gasteiger partial charge on any atom is -0.488 e. The fourth-order valence-corrected chi connectivity index (χ4v) is 2.79. The predicted octanol–water partition coefficient (Wildman–Crippen LogP) is 4.29. The monoisotopic (exact) mass is 310 g/mol. The Hall–Kier alpha value is -1.13. The molecular formula is C13H11BrO2S. The molecule has 0 saturated carbocycles. The lowest BCUT2D eigenvalue weighted by Crippen LogP contribution is -1.96. The van der Waals surface area contributed by atoms with Crippen molar-refractivity contribution in [2.45, 2.75) is 13.5 Å². The lowest BCUT2D eigenvalue weighted by molar-refractivity contribution is 0.101. The molecule has 0 bridgehead atoms. The highest BCUT2D eigenvalue weighted by Crippen LogP contribution is 2.23. The molecule has 0 atom stereocenters. The number of hydrogen-bond donors (Lipinski definition) is 0. The normalized spacial score (nSPS) is 10.2. The summed E-state index contributed by atoms with van der Waals surface area (Å²) in [6.45, 7) is 2.08. The highest BCUT2D eigenvalue weighted by molar-refractivity contribution is 9.11. The van der Waals surface area contributed by atoms with Crippen LogP contribution in [-0.4, -0.2) is 5.78 Å². The van der Waals surface area contributed by atoms with Gasteiger partial charge in [0.05, 0.1) is 3.79 Å². The molecule has 1 aromatic carbocycles. The van der Waals surface area contributed by atoms with Gasteiger partial charge in [0.15, 0.2) is 5.78 Å².